The van der Waals surface area contributed by atoms with Crippen molar-refractivity contribution in [3.05, 3.63) is 23.9 Å². The van der Waals surface area contributed by atoms with Crippen molar-refractivity contribution < 1.29 is 22.8 Å². The monoisotopic (exact) mass is 327 g/mol. The number of carbonyl (C=O) groups excluding carboxylic acids is 2. The van der Waals surface area contributed by atoms with Crippen LogP contribution in [-0.2, 0) is 15.8 Å². The normalized spacial score (nSPS) is 25.6. The van der Waals surface area contributed by atoms with Crippen LogP contribution in [0.25, 0.3) is 0 Å². The van der Waals surface area contributed by atoms with Gasteiger partial charge in [-0.1, -0.05) is 0 Å². The predicted octanol–water partition coefficient (Wildman–Crippen LogP) is 2.12. The van der Waals surface area contributed by atoms with Crippen LogP contribution in [0.2, 0.25) is 0 Å². The largest absolute Gasteiger partial charge is 0.417 e. The van der Waals surface area contributed by atoms with Gasteiger partial charge in [0.25, 0.3) is 0 Å². The number of halogens is 3. The number of amides is 2. The van der Waals surface area contributed by atoms with E-state index in [1.807, 2.05) is 0 Å². The molecule has 1 atom stereocenters. The minimum atomic E-state index is -4.42. The first-order chi connectivity index (χ1) is 10.8. The van der Waals surface area contributed by atoms with Gasteiger partial charge in [-0.3, -0.25) is 14.9 Å². The number of imide groups is 1. The topological polar surface area (TPSA) is 62.3 Å². The lowest BCUT2D eigenvalue weighted by Gasteiger charge is -2.26. The van der Waals surface area contributed by atoms with Crippen molar-refractivity contribution >= 4 is 17.6 Å². The summed E-state index contributed by atoms with van der Waals surface area (Å²) in [4.78, 5) is 29.4. The first kappa shape index (κ1) is 15.8. The fourth-order valence-corrected chi connectivity index (χ4v) is 3.22. The van der Waals surface area contributed by atoms with E-state index in [-0.39, 0.29) is 11.8 Å². The van der Waals surface area contributed by atoms with Crippen molar-refractivity contribution in [2.24, 2.45) is 5.41 Å². The smallest absolute Gasteiger partial charge is 0.356 e. The number of hydrogen-bond acceptors (Lipinski definition) is 4. The highest BCUT2D eigenvalue weighted by Crippen LogP contribution is 2.39. The van der Waals surface area contributed by atoms with Gasteiger partial charge in [0.15, 0.2) is 0 Å². The second kappa shape index (κ2) is 5.50. The summed E-state index contributed by atoms with van der Waals surface area (Å²) in [6, 6.07) is 2.31. The molecule has 2 aliphatic heterocycles. The Morgan fingerprint density at radius 3 is 2.65 bits per heavy atom. The number of alkyl halides is 3. The summed E-state index contributed by atoms with van der Waals surface area (Å²) in [5, 5.41) is 2.40. The fraction of sp³-hybridized carbons (Fsp3) is 0.533. The number of hydrogen-bond donors (Lipinski definition) is 1. The molecule has 124 valence electrons. The van der Waals surface area contributed by atoms with Crippen molar-refractivity contribution in [2.45, 2.75) is 31.9 Å². The molecule has 1 spiro atoms. The van der Waals surface area contributed by atoms with Gasteiger partial charge in [0.05, 0.1) is 11.0 Å². The Balaban J connectivity index is 1.77. The zero-order chi connectivity index (χ0) is 16.7. The lowest BCUT2D eigenvalue weighted by atomic mass is 9.82. The van der Waals surface area contributed by atoms with E-state index in [9.17, 15) is 22.8 Å². The fourth-order valence-electron chi connectivity index (χ4n) is 3.22. The van der Waals surface area contributed by atoms with Gasteiger partial charge in [0.1, 0.15) is 5.82 Å². The molecule has 1 N–H and O–H groups in total. The number of nitrogens with zero attached hydrogens (tertiary/aromatic N) is 2. The second-order valence-corrected chi connectivity index (χ2v) is 6.09. The molecule has 3 heterocycles. The molecule has 1 aromatic rings. The number of nitrogens with one attached hydrogen (secondary N) is 1. The van der Waals surface area contributed by atoms with E-state index in [0.29, 0.717) is 44.6 Å². The van der Waals surface area contributed by atoms with Gasteiger partial charge in [0.2, 0.25) is 11.8 Å². The SMILES string of the molecule is O=C1CCCC2(CCN(c3ccc(C(F)(F)F)cn3)C2)C(=O)N1. The Morgan fingerprint density at radius 1 is 1.22 bits per heavy atom. The van der Waals surface area contributed by atoms with Crippen LogP contribution in [0.4, 0.5) is 19.0 Å². The Kier molecular flexibility index (Phi) is 3.77. The minimum absolute atomic E-state index is 0.266. The van der Waals surface area contributed by atoms with Crippen LogP contribution in [0.15, 0.2) is 18.3 Å². The maximum atomic E-state index is 12.6. The van der Waals surface area contributed by atoms with E-state index in [1.54, 1.807) is 4.90 Å². The highest BCUT2D eigenvalue weighted by molar-refractivity contribution is 5.99. The second-order valence-electron chi connectivity index (χ2n) is 6.09. The van der Waals surface area contributed by atoms with Gasteiger partial charge >= 0.3 is 6.18 Å². The van der Waals surface area contributed by atoms with E-state index in [1.165, 1.54) is 6.07 Å². The Labute approximate surface area is 130 Å². The average Bonchev–Trinajstić information content (AvgIpc) is 2.86. The minimum Gasteiger partial charge on any atom is -0.356 e. The third kappa shape index (κ3) is 3.02. The molecule has 0 radical (unpaired) electrons. The number of aromatic nitrogens is 1. The highest BCUT2D eigenvalue weighted by atomic mass is 19.4. The number of pyridine rings is 1. The zero-order valence-electron chi connectivity index (χ0n) is 12.3. The third-order valence-corrected chi connectivity index (χ3v) is 4.55. The van der Waals surface area contributed by atoms with E-state index in [4.69, 9.17) is 0 Å². The molecule has 0 bridgehead atoms. The number of rotatable bonds is 1. The Morgan fingerprint density at radius 2 is 2.00 bits per heavy atom. The molecule has 1 aromatic heterocycles. The van der Waals surface area contributed by atoms with Crippen molar-refractivity contribution in [2.75, 3.05) is 18.0 Å². The highest BCUT2D eigenvalue weighted by Gasteiger charge is 2.46. The van der Waals surface area contributed by atoms with Crippen molar-refractivity contribution in [1.29, 1.82) is 0 Å². The van der Waals surface area contributed by atoms with Crippen LogP contribution in [0.1, 0.15) is 31.2 Å². The van der Waals surface area contributed by atoms with Gasteiger partial charge in [-0.05, 0) is 31.4 Å². The van der Waals surface area contributed by atoms with Gasteiger partial charge in [0, 0.05) is 25.7 Å². The Hall–Kier alpha value is -2.12. The molecule has 3 rings (SSSR count). The molecule has 1 unspecified atom stereocenters. The third-order valence-electron chi connectivity index (χ3n) is 4.55. The maximum Gasteiger partial charge on any atom is 0.417 e. The van der Waals surface area contributed by atoms with Crippen LogP contribution in [0.3, 0.4) is 0 Å². The number of anilines is 1. The number of carbonyl (C=O) groups is 2. The van der Waals surface area contributed by atoms with Crippen molar-refractivity contribution in [1.82, 2.24) is 10.3 Å². The summed E-state index contributed by atoms with van der Waals surface area (Å²) in [5.74, 6) is -0.134. The molecule has 8 heteroatoms. The van der Waals surface area contributed by atoms with Gasteiger partial charge in [-0.25, -0.2) is 4.98 Å². The van der Waals surface area contributed by atoms with E-state index >= 15 is 0 Å². The molecular weight excluding hydrogens is 311 g/mol. The molecule has 2 aliphatic rings. The summed E-state index contributed by atoms with van der Waals surface area (Å²) in [5.41, 5.74) is -1.45. The lowest BCUT2D eigenvalue weighted by molar-refractivity contribution is -0.138. The molecule has 0 aliphatic carbocycles. The molecule has 5 nitrogen and oxygen atoms in total. The molecule has 0 saturated carbocycles. The summed E-state index contributed by atoms with van der Waals surface area (Å²) in [6.07, 6.45) is -1.50. The van der Waals surface area contributed by atoms with E-state index in [0.717, 1.165) is 12.3 Å². The molecule has 2 amide bonds. The first-order valence-electron chi connectivity index (χ1n) is 7.43. The van der Waals surface area contributed by atoms with Gasteiger partial charge in [-0.15, -0.1) is 0 Å². The molecular formula is C15H16F3N3O2. The van der Waals surface area contributed by atoms with Crippen molar-refractivity contribution in [3.63, 3.8) is 0 Å². The summed E-state index contributed by atoms with van der Waals surface area (Å²) in [7, 11) is 0. The van der Waals surface area contributed by atoms with Crippen LogP contribution in [0, 0.1) is 5.41 Å². The van der Waals surface area contributed by atoms with E-state index < -0.39 is 17.2 Å². The molecule has 0 aromatic carbocycles. The van der Waals surface area contributed by atoms with Gasteiger partial charge < -0.3 is 4.90 Å². The summed E-state index contributed by atoms with van der Waals surface area (Å²) in [6.45, 7) is 0.893. The van der Waals surface area contributed by atoms with Crippen LogP contribution in [-0.4, -0.2) is 29.9 Å². The molecule has 23 heavy (non-hydrogen) atoms. The standard InChI is InChI=1S/C15H16F3N3O2/c16-15(17,18)10-3-4-11(19-8-10)21-7-6-14(9-21)5-1-2-12(22)20-13(14)23/h3-4,8H,1-2,5-7,9H2,(H,20,22,23). The lowest BCUT2D eigenvalue weighted by Crippen LogP contribution is -2.43. The van der Waals surface area contributed by atoms with Crippen LogP contribution in [0.5, 0.6) is 0 Å². The quantitative estimate of drug-likeness (QED) is 0.803. The van der Waals surface area contributed by atoms with Gasteiger partial charge in [-0.2, -0.15) is 13.2 Å². The van der Waals surface area contributed by atoms with E-state index in [2.05, 4.69) is 10.3 Å². The van der Waals surface area contributed by atoms with Crippen molar-refractivity contribution in [3.8, 4) is 0 Å². The predicted molar refractivity (Wildman–Crippen MR) is 75.5 cm³/mol. The Bertz CT molecular complexity index is 630. The van der Waals surface area contributed by atoms with Crippen LogP contribution < -0.4 is 10.2 Å². The summed E-state index contributed by atoms with van der Waals surface area (Å²) < 4.78 is 37.7. The first-order valence-corrected chi connectivity index (χ1v) is 7.43. The average molecular weight is 327 g/mol. The molecule has 2 fully saturated rings. The summed E-state index contributed by atoms with van der Waals surface area (Å²) >= 11 is 0. The maximum absolute atomic E-state index is 12.6. The zero-order valence-corrected chi connectivity index (χ0v) is 12.3. The molecule has 2 saturated heterocycles. The van der Waals surface area contributed by atoms with Crippen LogP contribution >= 0.6 is 0 Å².